The summed E-state index contributed by atoms with van der Waals surface area (Å²) < 4.78 is 2.25. The van der Waals surface area contributed by atoms with E-state index in [1.54, 1.807) is 7.05 Å². The van der Waals surface area contributed by atoms with Crippen molar-refractivity contribution in [1.82, 2.24) is 9.05 Å². The van der Waals surface area contributed by atoms with E-state index in [1.807, 2.05) is 0 Å². The first-order valence-corrected chi connectivity index (χ1v) is 3.37. The van der Waals surface area contributed by atoms with Crippen molar-refractivity contribution < 1.29 is 0 Å². The van der Waals surface area contributed by atoms with Crippen LogP contribution in [0.4, 0.5) is 0 Å². The first-order valence-electron chi connectivity index (χ1n) is 3.37. The van der Waals surface area contributed by atoms with E-state index >= 15 is 0 Å². The third kappa shape index (κ3) is 1.44. The Hall–Kier alpha value is -1.39. The van der Waals surface area contributed by atoms with Crippen LogP contribution in [-0.4, -0.2) is 24.2 Å². The predicted molar refractivity (Wildman–Crippen MR) is 48.1 cm³/mol. The molecule has 0 saturated heterocycles. The summed E-state index contributed by atoms with van der Waals surface area (Å²) in [6.45, 7) is 0. The van der Waals surface area contributed by atoms with Crippen LogP contribution in [0, 0.1) is 0 Å². The second-order valence-electron chi connectivity index (χ2n) is 2.29. The molecule has 0 bridgehead atoms. The number of rotatable bonds is 1. The van der Waals surface area contributed by atoms with Gasteiger partial charge < -0.3 is 0 Å². The molecule has 0 aromatic carbocycles. The first-order chi connectivity index (χ1) is 5.66. The van der Waals surface area contributed by atoms with Crippen molar-refractivity contribution in [3.63, 3.8) is 0 Å². The van der Waals surface area contributed by atoms with Gasteiger partial charge in [0.25, 0.3) is 0 Å². The van der Waals surface area contributed by atoms with Gasteiger partial charge in [-0.15, -0.1) is 0 Å². The third-order valence-electron chi connectivity index (χ3n) is 1.42. The van der Waals surface area contributed by atoms with E-state index in [0.29, 0.717) is 0 Å². The summed E-state index contributed by atoms with van der Waals surface area (Å²) in [6, 6.07) is 1.31. The molecule has 7 heteroatoms. The maximum absolute atomic E-state index is 11.2. The molecule has 0 aliphatic rings. The second-order valence-corrected chi connectivity index (χ2v) is 2.29. The average molecular weight is 163 g/mol. The maximum atomic E-state index is 11.2. The van der Waals surface area contributed by atoms with Gasteiger partial charge in [0, 0.05) is 0 Å². The molecule has 0 unspecified atom stereocenters. The Morgan fingerprint density at radius 3 is 2.83 bits per heavy atom. The molecule has 0 N–H and O–H groups in total. The molecule has 5 nitrogen and oxygen atoms in total. The Balaban J connectivity index is 3.55. The zero-order chi connectivity index (χ0) is 9.14. The van der Waals surface area contributed by atoms with Crippen LogP contribution < -0.4 is 11.2 Å². The van der Waals surface area contributed by atoms with Crippen molar-refractivity contribution in [2.45, 2.75) is 0 Å². The Morgan fingerprint density at radius 1 is 1.58 bits per heavy atom. The van der Waals surface area contributed by atoms with Gasteiger partial charge in [-0.3, -0.25) is 0 Å². The molecule has 0 fully saturated rings. The molecule has 1 aromatic rings. The zero-order valence-corrected chi connectivity index (χ0v) is 6.89. The molecule has 1 aromatic heterocycles. The summed E-state index contributed by atoms with van der Waals surface area (Å²) in [5.41, 5.74) is -0.767. The molecule has 1 heterocycles. The van der Waals surface area contributed by atoms with Crippen LogP contribution in [0.15, 0.2) is 26.7 Å². The minimum absolute atomic E-state index is 0.372. The molecule has 1 rings (SSSR count). The van der Waals surface area contributed by atoms with Gasteiger partial charge in [0.2, 0.25) is 0 Å². The molecule has 0 radical (unpaired) electrons. The molecule has 0 spiro atoms. The summed E-state index contributed by atoms with van der Waals surface area (Å²) in [6.07, 6.45) is 1.42. The standard InChI is InChI=1S/C5H7B2N3O2/c1-9-3-2-4(11)10(5(9)12)7-8-6/h2-3H,6H2,1H3. The van der Waals surface area contributed by atoms with Crippen molar-refractivity contribution in [3.05, 3.63) is 33.1 Å². The van der Waals surface area contributed by atoms with Crippen LogP contribution in [0.1, 0.15) is 0 Å². The number of hydrogen-bond donors (Lipinski definition) is 0. The average Bonchev–Trinajstić information content (AvgIpc) is 2.06. The SMILES string of the molecule is BN=Bn1c(=O)ccn(C)c1=O. The van der Waals surface area contributed by atoms with Gasteiger partial charge in [-0.25, -0.2) is 0 Å². The van der Waals surface area contributed by atoms with E-state index in [-0.39, 0.29) is 5.56 Å². The van der Waals surface area contributed by atoms with Crippen LogP contribution in [0.25, 0.3) is 0 Å². The van der Waals surface area contributed by atoms with Crippen molar-refractivity contribution in [2.75, 3.05) is 0 Å². The molecule has 12 heavy (non-hydrogen) atoms. The molecular formula is C5H7B2N3O2. The van der Waals surface area contributed by atoms with Crippen LogP contribution in [-0.2, 0) is 7.05 Å². The molecule has 0 atom stereocenters. The summed E-state index contributed by atoms with van der Waals surface area (Å²) >= 11 is 0. The number of nitrogens with zero attached hydrogens (tertiary/aromatic N) is 3. The van der Waals surface area contributed by atoms with E-state index in [9.17, 15) is 9.59 Å². The Kier molecular flexibility index (Phi) is 2.42. The normalized spacial score (nSPS) is 10.1. The summed E-state index contributed by atoms with van der Waals surface area (Å²) in [4.78, 5) is 25.8. The summed E-state index contributed by atoms with van der Waals surface area (Å²) in [5.74, 6) is 0. The van der Waals surface area contributed by atoms with Crippen molar-refractivity contribution in [2.24, 2.45) is 11.9 Å². The zero-order valence-electron chi connectivity index (χ0n) is 6.89. The summed E-state index contributed by atoms with van der Waals surface area (Å²) in [7, 11) is 4.27. The quantitative estimate of drug-likeness (QED) is 0.438. The number of aryl methyl sites for hydroxylation is 1. The Bertz CT molecular complexity index is 419. The van der Waals surface area contributed by atoms with E-state index < -0.39 is 5.69 Å². The number of hydrogen-bond acceptors (Lipinski definition) is 3. The van der Waals surface area contributed by atoms with Gasteiger partial charge in [-0.05, 0) is 0 Å². The van der Waals surface area contributed by atoms with Gasteiger partial charge in [0.05, 0.1) is 0 Å². The van der Waals surface area contributed by atoms with Gasteiger partial charge in [-0.2, -0.15) is 0 Å². The second kappa shape index (κ2) is 3.34. The minimum atomic E-state index is -0.395. The summed E-state index contributed by atoms with van der Waals surface area (Å²) in [5, 5.41) is 0. The van der Waals surface area contributed by atoms with E-state index in [0.717, 1.165) is 4.48 Å². The van der Waals surface area contributed by atoms with Crippen molar-refractivity contribution in [1.29, 1.82) is 0 Å². The monoisotopic (exact) mass is 163 g/mol. The van der Waals surface area contributed by atoms with E-state index in [4.69, 9.17) is 0 Å². The Labute approximate surface area is 70.1 Å². The van der Waals surface area contributed by atoms with Crippen LogP contribution in [0.3, 0.4) is 0 Å². The van der Waals surface area contributed by atoms with E-state index in [2.05, 4.69) is 4.81 Å². The predicted octanol–water partition coefficient (Wildman–Crippen LogP) is -2.25. The van der Waals surface area contributed by atoms with Gasteiger partial charge in [0.15, 0.2) is 0 Å². The van der Waals surface area contributed by atoms with Gasteiger partial charge >= 0.3 is 69.2 Å². The first kappa shape index (κ1) is 8.70. The fourth-order valence-corrected chi connectivity index (χ4v) is 0.806. The van der Waals surface area contributed by atoms with Crippen molar-refractivity contribution in [3.8, 4) is 0 Å². The number of aromatic nitrogens is 2. The fraction of sp³-hybridized carbons (Fsp3) is 0.200. The van der Waals surface area contributed by atoms with E-state index in [1.165, 1.54) is 32.0 Å². The van der Waals surface area contributed by atoms with Crippen LogP contribution in [0.5, 0.6) is 0 Å². The third-order valence-corrected chi connectivity index (χ3v) is 1.42. The molecule has 60 valence electrons. The van der Waals surface area contributed by atoms with Crippen LogP contribution >= 0.6 is 0 Å². The van der Waals surface area contributed by atoms with Gasteiger partial charge in [0.1, 0.15) is 0 Å². The molecule has 0 amide bonds. The molecule has 0 aliphatic heterocycles. The molecule has 0 aliphatic carbocycles. The molecular weight excluding hydrogens is 156 g/mol. The fourth-order valence-electron chi connectivity index (χ4n) is 0.806. The Morgan fingerprint density at radius 2 is 2.25 bits per heavy atom. The van der Waals surface area contributed by atoms with Crippen molar-refractivity contribution >= 4 is 15.2 Å². The van der Waals surface area contributed by atoms with Gasteiger partial charge in [-0.1, -0.05) is 0 Å². The molecule has 0 saturated carbocycles. The topological polar surface area (TPSA) is 56.4 Å². The van der Waals surface area contributed by atoms with Crippen LogP contribution in [0.2, 0.25) is 0 Å².